The molecule has 1 aliphatic carbocycles. The third-order valence-electron chi connectivity index (χ3n) is 3.24. The quantitative estimate of drug-likeness (QED) is 0.794. The zero-order valence-electron chi connectivity index (χ0n) is 10.2. The van der Waals surface area contributed by atoms with Crippen LogP contribution < -0.4 is 0 Å². The smallest absolute Gasteiger partial charge is 0.135 e. The van der Waals surface area contributed by atoms with Gasteiger partial charge in [-0.15, -0.1) is 0 Å². The summed E-state index contributed by atoms with van der Waals surface area (Å²) in [6.45, 7) is 1.98. The minimum atomic E-state index is 0.524. The average Bonchev–Trinajstić information content (AvgIpc) is 3.20. The van der Waals surface area contributed by atoms with E-state index in [-0.39, 0.29) is 0 Å². The molecule has 0 aliphatic heterocycles. The number of halogens is 1. The van der Waals surface area contributed by atoms with Crippen molar-refractivity contribution >= 4 is 11.6 Å². The lowest BCUT2D eigenvalue weighted by Gasteiger charge is -2.08. The van der Waals surface area contributed by atoms with E-state index in [0.29, 0.717) is 11.1 Å². The topological polar surface area (TPSA) is 38.7 Å². The van der Waals surface area contributed by atoms with E-state index in [4.69, 9.17) is 11.6 Å². The fourth-order valence-electron chi connectivity index (χ4n) is 1.94. The first-order valence-electron chi connectivity index (χ1n) is 6.16. The monoisotopic (exact) mass is 259 g/mol. The Morgan fingerprint density at radius 2 is 2.17 bits per heavy atom. The molecule has 3 rings (SSSR count). The molecule has 18 heavy (non-hydrogen) atoms. The average molecular weight is 260 g/mol. The number of aromatic nitrogens is 3. The molecule has 0 radical (unpaired) electrons. The van der Waals surface area contributed by atoms with Crippen LogP contribution in [0, 0.1) is 6.92 Å². The molecular formula is C14H14ClN3. The van der Waals surface area contributed by atoms with Gasteiger partial charge in [-0.2, -0.15) is 0 Å². The first-order valence-corrected chi connectivity index (χ1v) is 6.53. The molecule has 4 heteroatoms. The van der Waals surface area contributed by atoms with Gasteiger partial charge in [0.1, 0.15) is 11.0 Å². The lowest BCUT2D eigenvalue weighted by molar-refractivity contribution is 0.872. The number of pyridine rings is 1. The fourth-order valence-corrected chi connectivity index (χ4v) is 2.14. The van der Waals surface area contributed by atoms with Gasteiger partial charge in [0, 0.05) is 30.3 Å². The Morgan fingerprint density at radius 1 is 1.33 bits per heavy atom. The molecule has 3 nitrogen and oxygen atoms in total. The molecule has 0 spiro atoms. The molecule has 1 saturated carbocycles. The summed E-state index contributed by atoms with van der Waals surface area (Å²) in [6, 6.07) is 3.99. The van der Waals surface area contributed by atoms with Crippen molar-refractivity contribution in [1.82, 2.24) is 15.0 Å². The second kappa shape index (κ2) is 4.65. The first-order chi connectivity index (χ1) is 8.74. The van der Waals surface area contributed by atoms with E-state index in [9.17, 15) is 0 Å². The zero-order chi connectivity index (χ0) is 12.5. The Morgan fingerprint density at radius 3 is 2.83 bits per heavy atom. The highest BCUT2D eigenvalue weighted by atomic mass is 35.5. The molecule has 0 amide bonds. The van der Waals surface area contributed by atoms with Crippen molar-refractivity contribution in [3.63, 3.8) is 0 Å². The molecule has 2 aromatic heterocycles. The van der Waals surface area contributed by atoms with E-state index < -0.39 is 0 Å². The van der Waals surface area contributed by atoms with Gasteiger partial charge in [-0.1, -0.05) is 17.7 Å². The minimum absolute atomic E-state index is 0.524. The van der Waals surface area contributed by atoms with Crippen molar-refractivity contribution < 1.29 is 0 Å². The SMILES string of the molecule is Cc1c(Cl)nc(C2CC2)nc1Cc1cccnc1. The highest BCUT2D eigenvalue weighted by Crippen LogP contribution is 2.39. The largest absolute Gasteiger partial charge is 0.264 e. The summed E-state index contributed by atoms with van der Waals surface area (Å²) in [4.78, 5) is 13.2. The standard InChI is InChI=1S/C14H14ClN3/c1-9-12(7-10-3-2-6-16-8-10)17-14(11-4-5-11)18-13(9)15/h2-3,6,8,11H,4-5,7H2,1H3. The lowest BCUT2D eigenvalue weighted by Crippen LogP contribution is -2.03. The summed E-state index contributed by atoms with van der Waals surface area (Å²) >= 11 is 6.19. The predicted molar refractivity (Wildman–Crippen MR) is 70.8 cm³/mol. The second-order valence-corrected chi connectivity index (χ2v) is 5.11. The van der Waals surface area contributed by atoms with E-state index in [1.165, 1.54) is 12.8 Å². The van der Waals surface area contributed by atoms with Crippen LogP contribution in [0.2, 0.25) is 5.15 Å². The van der Waals surface area contributed by atoms with Crippen LogP contribution in [0.1, 0.15) is 41.4 Å². The number of rotatable bonds is 3. The van der Waals surface area contributed by atoms with Crippen molar-refractivity contribution in [3.8, 4) is 0 Å². The van der Waals surface area contributed by atoms with Crippen LogP contribution in [-0.2, 0) is 6.42 Å². The Kier molecular flexibility index (Phi) is 3.00. The Bertz CT molecular complexity index is 565. The van der Waals surface area contributed by atoms with Crippen LogP contribution in [0.5, 0.6) is 0 Å². The normalized spacial score (nSPS) is 14.8. The molecule has 2 aromatic rings. The molecular weight excluding hydrogens is 246 g/mol. The minimum Gasteiger partial charge on any atom is -0.264 e. The predicted octanol–water partition coefficient (Wildman–Crippen LogP) is 3.30. The van der Waals surface area contributed by atoms with Crippen LogP contribution in [0.25, 0.3) is 0 Å². The highest BCUT2D eigenvalue weighted by Gasteiger charge is 2.27. The molecule has 0 aromatic carbocycles. The third-order valence-corrected chi connectivity index (χ3v) is 3.61. The molecule has 0 N–H and O–H groups in total. The maximum Gasteiger partial charge on any atom is 0.135 e. The maximum absolute atomic E-state index is 6.19. The van der Waals surface area contributed by atoms with Crippen LogP contribution >= 0.6 is 11.6 Å². The molecule has 92 valence electrons. The summed E-state index contributed by atoms with van der Waals surface area (Å²) < 4.78 is 0. The lowest BCUT2D eigenvalue weighted by atomic mass is 10.1. The molecule has 0 saturated heterocycles. The van der Waals surface area contributed by atoms with Gasteiger partial charge in [0.2, 0.25) is 0 Å². The Balaban J connectivity index is 1.95. The van der Waals surface area contributed by atoms with Gasteiger partial charge in [-0.3, -0.25) is 4.98 Å². The highest BCUT2D eigenvalue weighted by molar-refractivity contribution is 6.30. The zero-order valence-corrected chi connectivity index (χ0v) is 11.0. The van der Waals surface area contributed by atoms with Crippen molar-refractivity contribution in [3.05, 3.63) is 52.3 Å². The van der Waals surface area contributed by atoms with Crippen LogP contribution in [-0.4, -0.2) is 15.0 Å². The van der Waals surface area contributed by atoms with E-state index in [0.717, 1.165) is 29.1 Å². The van der Waals surface area contributed by atoms with E-state index in [2.05, 4.69) is 21.0 Å². The summed E-state index contributed by atoms with van der Waals surface area (Å²) in [5.74, 6) is 1.43. The van der Waals surface area contributed by atoms with Gasteiger partial charge in [-0.25, -0.2) is 9.97 Å². The van der Waals surface area contributed by atoms with Gasteiger partial charge in [0.25, 0.3) is 0 Å². The van der Waals surface area contributed by atoms with Gasteiger partial charge < -0.3 is 0 Å². The first kappa shape index (κ1) is 11.6. The van der Waals surface area contributed by atoms with Crippen molar-refractivity contribution in [2.45, 2.75) is 32.1 Å². The third kappa shape index (κ3) is 2.36. The van der Waals surface area contributed by atoms with Gasteiger partial charge >= 0.3 is 0 Å². The summed E-state index contributed by atoms with van der Waals surface area (Å²) in [5.41, 5.74) is 3.15. The molecule has 0 atom stereocenters. The van der Waals surface area contributed by atoms with E-state index in [1.54, 1.807) is 6.20 Å². The molecule has 1 fully saturated rings. The van der Waals surface area contributed by atoms with Crippen LogP contribution in [0.3, 0.4) is 0 Å². The maximum atomic E-state index is 6.19. The summed E-state index contributed by atoms with van der Waals surface area (Å²) in [6.07, 6.45) is 6.78. The summed E-state index contributed by atoms with van der Waals surface area (Å²) in [5, 5.41) is 0.589. The van der Waals surface area contributed by atoms with Crippen molar-refractivity contribution in [1.29, 1.82) is 0 Å². The fraction of sp³-hybridized carbons (Fsp3) is 0.357. The van der Waals surface area contributed by atoms with Gasteiger partial charge in [0.05, 0.1) is 5.69 Å². The van der Waals surface area contributed by atoms with Gasteiger partial charge in [-0.05, 0) is 31.4 Å². The molecule has 2 heterocycles. The summed E-state index contributed by atoms with van der Waals surface area (Å²) in [7, 11) is 0. The number of nitrogens with zero attached hydrogens (tertiary/aromatic N) is 3. The molecule has 1 aliphatic rings. The van der Waals surface area contributed by atoms with Crippen molar-refractivity contribution in [2.75, 3.05) is 0 Å². The number of hydrogen-bond donors (Lipinski definition) is 0. The molecule has 0 unspecified atom stereocenters. The van der Waals surface area contributed by atoms with E-state index in [1.807, 2.05) is 19.2 Å². The van der Waals surface area contributed by atoms with Crippen molar-refractivity contribution in [2.24, 2.45) is 0 Å². The molecule has 0 bridgehead atoms. The van der Waals surface area contributed by atoms with Crippen LogP contribution in [0.4, 0.5) is 0 Å². The Hall–Kier alpha value is -1.48. The van der Waals surface area contributed by atoms with E-state index >= 15 is 0 Å². The number of hydrogen-bond acceptors (Lipinski definition) is 3. The van der Waals surface area contributed by atoms with Crippen LogP contribution in [0.15, 0.2) is 24.5 Å². The Labute approximate surface area is 111 Å². The van der Waals surface area contributed by atoms with Gasteiger partial charge in [0.15, 0.2) is 0 Å². The second-order valence-electron chi connectivity index (χ2n) is 4.76.